The molecule has 1 fully saturated rings. The van der Waals surface area contributed by atoms with Gasteiger partial charge in [-0.2, -0.15) is 4.98 Å². The second-order valence-corrected chi connectivity index (χ2v) is 7.80. The molecule has 0 saturated carbocycles. The van der Waals surface area contributed by atoms with Gasteiger partial charge >= 0.3 is 6.72 Å². The van der Waals surface area contributed by atoms with Crippen LogP contribution in [0.2, 0.25) is 0 Å². The first-order valence-electron chi connectivity index (χ1n) is 6.90. The molecular weight excluding hydrogens is 345 g/mol. The second-order valence-electron chi connectivity index (χ2n) is 5.18. The van der Waals surface area contributed by atoms with Crippen LogP contribution in [0.1, 0.15) is 26.0 Å². The molecule has 0 aromatic carbocycles. The zero-order chi connectivity index (χ0) is 16.8. The maximum Gasteiger partial charge on any atom is 0.322 e. The third-order valence-corrected chi connectivity index (χ3v) is 4.42. The van der Waals surface area contributed by atoms with Gasteiger partial charge in [0.1, 0.15) is 6.23 Å². The molecule has 1 aliphatic heterocycles. The second kappa shape index (κ2) is 5.93. The van der Waals surface area contributed by atoms with Gasteiger partial charge in [-0.1, -0.05) is 6.92 Å². The van der Waals surface area contributed by atoms with Gasteiger partial charge in [0.05, 0.1) is 18.5 Å². The van der Waals surface area contributed by atoms with Gasteiger partial charge in [0.2, 0.25) is 5.95 Å². The molecule has 1 saturated heterocycles. The zero-order valence-corrected chi connectivity index (χ0v) is 13.8. The normalized spacial score (nSPS) is 25.3. The van der Waals surface area contributed by atoms with Gasteiger partial charge in [0, 0.05) is 6.42 Å². The molecule has 3 atom stereocenters. The Morgan fingerprint density at radius 3 is 3.04 bits per heavy atom. The number of hydrogen-bond donors (Lipinski definition) is 4. The van der Waals surface area contributed by atoms with Crippen molar-refractivity contribution < 1.29 is 19.0 Å². The van der Waals surface area contributed by atoms with Gasteiger partial charge < -0.3 is 24.8 Å². The summed E-state index contributed by atoms with van der Waals surface area (Å²) in [7, 11) is 0. The Labute approximate surface area is 135 Å². The van der Waals surface area contributed by atoms with E-state index in [0.717, 1.165) is 0 Å². The lowest BCUT2D eigenvalue weighted by Crippen LogP contribution is -2.22. The van der Waals surface area contributed by atoms with Crippen molar-refractivity contribution in [3.63, 3.8) is 0 Å². The zero-order valence-electron chi connectivity index (χ0n) is 12.1. The van der Waals surface area contributed by atoms with Crippen molar-refractivity contribution in [1.29, 1.82) is 0 Å². The number of aromatic amines is 1. The van der Waals surface area contributed by atoms with Crippen molar-refractivity contribution in [2.75, 3.05) is 5.73 Å². The number of nitrogens with zero attached hydrogens (tertiary/aromatic N) is 3. The van der Waals surface area contributed by atoms with Gasteiger partial charge in [-0.3, -0.25) is 14.3 Å². The van der Waals surface area contributed by atoms with Crippen molar-refractivity contribution >= 4 is 35.6 Å². The predicted octanol–water partition coefficient (Wildman–Crippen LogP) is -0.00640. The minimum atomic E-state index is -3.79. The van der Waals surface area contributed by atoms with E-state index in [1.54, 1.807) is 4.57 Å². The minimum absolute atomic E-state index is 0.0247. The van der Waals surface area contributed by atoms with Crippen LogP contribution < -0.4 is 11.3 Å². The molecule has 126 valence electrons. The molecular formula is C11H16N5O5PS. The molecule has 0 spiro atoms. The van der Waals surface area contributed by atoms with E-state index in [9.17, 15) is 14.6 Å². The Balaban J connectivity index is 1.94. The fraction of sp³-hybridized carbons (Fsp3) is 0.545. The van der Waals surface area contributed by atoms with Crippen molar-refractivity contribution in [2.45, 2.75) is 38.2 Å². The van der Waals surface area contributed by atoms with Crippen LogP contribution >= 0.6 is 6.72 Å². The maximum atomic E-state index is 11.8. The molecule has 10 nitrogen and oxygen atoms in total. The number of aromatic nitrogens is 4. The molecule has 12 heteroatoms. The highest BCUT2D eigenvalue weighted by molar-refractivity contribution is 8.06. The lowest BCUT2D eigenvalue weighted by Gasteiger charge is -2.19. The Hall–Kier alpha value is -1.36. The smallest absolute Gasteiger partial charge is 0.322 e. The monoisotopic (exact) mass is 361 g/mol. The molecule has 23 heavy (non-hydrogen) atoms. The standard InChI is InChI=1S/C11H16N5O5PS/c1-2-5-6(21-22(18,19)23)3-7(20-5)16-4-13-8-9(16)14-11(12)15-10(8)17/h4-7H,2-3H2,1H3,(H2,18,19,23)(H3,12,14,15,17)/t5-,6?,7-/m1/s1. The lowest BCUT2D eigenvalue weighted by atomic mass is 10.1. The molecule has 3 heterocycles. The molecule has 0 bridgehead atoms. The fourth-order valence-electron chi connectivity index (χ4n) is 2.67. The average Bonchev–Trinajstić information content (AvgIpc) is 3.00. The summed E-state index contributed by atoms with van der Waals surface area (Å²) in [6.07, 6.45) is 0.892. The van der Waals surface area contributed by atoms with Crippen LogP contribution in [0.3, 0.4) is 0 Å². The highest BCUT2D eigenvalue weighted by atomic mass is 32.5. The molecule has 0 amide bonds. The molecule has 2 aromatic heterocycles. The van der Waals surface area contributed by atoms with E-state index in [4.69, 9.17) is 15.0 Å². The Morgan fingerprint density at radius 1 is 1.65 bits per heavy atom. The number of hydrogen-bond acceptors (Lipinski definition) is 7. The van der Waals surface area contributed by atoms with Crippen molar-refractivity contribution in [3.05, 3.63) is 16.7 Å². The summed E-state index contributed by atoms with van der Waals surface area (Å²) in [5, 5.41) is 0. The highest BCUT2D eigenvalue weighted by Crippen LogP contribution is 2.44. The number of nitrogen functional groups attached to an aromatic ring is 1. The molecule has 1 aliphatic rings. The average molecular weight is 361 g/mol. The number of nitrogens with two attached hydrogens (primary N) is 1. The van der Waals surface area contributed by atoms with Gasteiger partial charge in [-0.15, -0.1) is 0 Å². The minimum Gasteiger partial charge on any atom is -0.369 e. The highest BCUT2D eigenvalue weighted by Gasteiger charge is 2.39. The number of nitrogens with one attached hydrogen (secondary N) is 1. The third kappa shape index (κ3) is 3.30. The topological polar surface area (TPSA) is 149 Å². The Morgan fingerprint density at radius 2 is 2.39 bits per heavy atom. The van der Waals surface area contributed by atoms with Crippen LogP contribution in [0.25, 0.3) is 11.2 Å². The lowest BCUT2D eigenvalue weighted by molar-refractivity contribution is -0.0159. The SMILES string of the molecule is CC[C@H]1O[C@@H](n2cnc3c(=O)[nH]c(N)nc32)CC1OP(O)(O)=S. The first-order chi connectivity index (χ1) is 10.8. The van der Waals surface area contributed by atoms with Crippen molar-refractivity contribution in [1.82, 2.24) is 19.5 Å². The van der Waals surface area contributed by atoms with Gasteiger partial charge in [-0.25, -0.2) is 4.98 Å². The van der Waals surface area contributed by atoms with Gasteiger partial charge in [0.25, 0.3) is 5.56 Å². The van der Waals surface area contributed by atoms with Crippen LogP contribution in [0.5, 0.6) is 0 Å². The van der Waals surface area contributed by atoms with Crippen LogP contribution in [0, 0.1) is 0 Å². The first-order valence-corrected chi connectivity index (χ1v) is 9.53. The summed E-state index contributed by atoms with van der Waals surface area (Å²) in [6, 6.07) is 0. The third-order valence-electron chi connectivity index (χ3n) is 3.62. The Bertz CT molecular complexity index is 832. The van der Waals surface area contributed by atoms with E-state index in [1.165, 1.54) is 6.33 Å². The van der Waals surface area contributed by atoms with E-state index in [-0.39, 0.29) is 17.6 Å². The fourth-order valence-corrected chi connectivity index (χ4v) is 3.58. The molecule has 5 N–H and O–H groups in total. The number of ether oxygens (including phenoxy) is 1. The maximum absolute atomic E-state index is 11.8. The number of fused-ring (bicyclic) bond motifs is 1. The molecule has 0 aliphatic carbocycles. The van der Waals surface area contributed by atoms with E-state index in [2.05, 4.69) is 26.8 Å². The van der Waals surface area contributed by atoms with Crippen LogP contribution in [0.15, 0.2) is 11.1 Å². The molecule has 3 rings (SSSR count). The van der Waals surface area contributed by atoms with E-state index < -0.39 is 24.6 Å². The van der Waals surface area contributed by atoms with Crippen molar-refractivity contribution in [2.24, 2.45) is 0 Å². The number of imidazole rings is 1. The summed E-state index contributed by atoms with van der Waals surface area (Å²) in [5.41, 5.74) is 5.57. The molecule has 2 aromatic rings. The largest absolute Gasteiger partial charge is 0.369 e. The molecule has 0 radical (unpaired) electrons. The first kappa shape index (κ1) is 16.5. The predicted molar refractivity (Wildman–Crippen MR) is 85.0 cm³/mol. The number of H-pyrrole nitrogens is 1. The summed E-state index contributed by atoms with van der Waals surface area (Å²) in [4.78, 5) is 41.0. The summed E-state index contributed by atoms with van der Waals surface area (Å²) in [6.45, 7) is -1.91. The molecule has 1 unspecified atom stereocenters. The van der Waals surface area contributed by atoms with Crippen LogP contribution in [-0.2, 0) is 21.1 Å². The number of anilines is 1. The van der Waals surface area contributed by atoms with E-state index >= 15 is 0 Å². The van der Waals surface area contributed by atoms with E-state index in [1.807, 2.05) is 6.92 Å². The van der Waals surface area contributed by atoms with Crippen LogP contribution in [-0.4, -0.2) is 41.5 Å². The van der Waals surface area contributed by atoms with E-state index in [0.29, 0.717) is 18.5 Å². The van der Waals surface area contributed by atoms with Gasteiger partial charge in [-0.05, 0) is 18.2 Å². The van der Waals surface area contributed by atoms with Gasteiger partial charge in [0.15, 0.2) is 11.2 Å². The summed E-state index contributed by atoms with van der Waals surface area (Å²) >= 11 is 4.52. The quantitative estimate of drug-likeness (QED) is 0.552. The Kier molecular flexibility index (Phi) is 4.25. The van der Waals surface area contributed by atoms with Crippen molar-refractivity contribution in [3.8, 4) is 0 Å². The van der Waals surface area contributed by atoms with Crippen LogP contribution in [0.4, 0.5) is 5.95 Å². The summed E-state index contributed by atoms with van der Waals surface area (Å²) < 4.78 is 12.6. The summed E-state index contributed by atoms with van der Waals surface area (Å²) in [5.74, 6) is -0.0247. The number of rotatable bonds is 4.